The number of carboxylic acid groups (broad SMARTS) is 1. The molecule has 12 heavy (non-hydrogen) atoms. The van der Waals surface area contributed by atoms with Crippen LogP contribution < -0.4 is 0 Å². The highest BCUT2D eigenvalue weighted by atomic mass is 16.4. The average molecular weight is 164 g/mol. The summed E-state index contributed by atoms with van der Waals surface area (Å²) in [5, 5.41) is 8.51. The second-order valence-electron chi connectivity index (χ2n) is 2.19. The van der Waals surface area contributed by atoms with E-state index < -0.39 is 5.97 Å². The topological polar surface area (TPSA) is 63.1 Å². The largest absolute Gasteiger partial charge is 0.478 e. The predicted molar refractivity (Wildman–Crippen MR) is 42.9 cm³/mol. The van der Waals surface area contributed by atoms with Crippen molar-refractivity contribution in [2.75, 3.05) is 0 Å². The summed E-state index contributed by atoms with van der Waals surface area (Å²) >= 11 is 0. The van der Waals surface area contributed by atoms with Gasteiger partial charge in [-0.3, -0.25) is 0 Å². The quantitative estimate of drug-likeness (QED) is 0.674. The summed E-state index contributed by atoms with van der Waals surface area (Å²) in [6.07, 6.45) is 4.79. The van der Waals surface area contributed by atoms with Crippen LogP contribution >= 0.6 is 0 Å². The second kappa shape index (κ2) is 3.61. The van der Waals surface area contributed by atoms with Crippen LogP contribution in [-0.2, 0) is 6.42 Å². The highest BCUT2D eigenvalue weighted by Crippen LogP contribution is 1.96. The number of hydrogen-bond donors (Lipinski definition) is 1. The van der Waals surface area contributed by atoms with Crippen molar-refractivity contribution in [1.29, 1.82) is 0 Å². The Morgan fingerprint density at radius 2 is 2.17 bits per heavy atom. The summed E-state index contributed by atoms with van der Waals surface area (Å²) < 4.78 is 0. The Balaban J connectivity index is 2.85. The Bertz CT molecular complexity index is 292. The van der Waals surface area contributed by atoms with Gasteiger partial charge >= 0.3 is 5.97 Å². The Morgan fingerprint density at radius 1 is 1.58 bits per heavy atom. The molecule has 0 radical (unpaired) electrons. The van der Waals surface area contributed by atoms with Crippen molar-refractivity contribution in [3.8, 4) is 0 Å². The summed E-state index contributed by atoms with van der Waals surface area (Å²) in [7, 11) is 0. The van der Waals surface area contributed by atoms with E-state index in [0.717, 1.165) is 0 Å². The van der Waals surface area contributed by atoms with E-state index in [1.165, 1.54) is 12.4 Å². The Labute approximate surface area is 69.6 Å². The molecular formula is C8H8N2O2. The molecule has 0 spiro atoms. The van der Waals surface area contributed by atoms with Crippen LogP contribution in [0.25, 0.3) is 0 Å². The fraction of sp³-hybridized carbons (Fsp3) is 0.125. The molecule has 0 saturated heterocycles. The molecule has 1 N–H and O–H groups in total. The molecule has 0 aliphatic carbocycles. The number of allylic oxidation sites excluding steroid dienone is 1. The number of aromatic nitrogens is 2. The number of carboxylic acids is 1. The molecule has 0 aromatic carbocycles. The van der Waals surface area contributed by atoms with Crippen LogP contribution in [0.3, 0.4) is 0 Å². The highest BCUT2D eigenvalue weighted by Gasteiger charge is 2.02. The van der Waals surface area contributed by atoms with Gasteiger partial charge in [-0.15, -0.1) is 6.58 Å². The summed E-state index contributed by atoms with van der Waals surface area (Å²) in [6, 6.07) is 0. The van der Waals surface area contributed by atoms with Gasteiger partial charge in [0.15, 0.2) is 0 Å². The Hall–Kier alpha value is -1.71. The van der Waals surface area contributed by atoms with E-state index in [9.17, 15) is 4.79 Å². The molecule has 1 heterocycles. The van der Waals surface area contributed by atoms with E-state index in [1.54, 1.807) is 6.08 Å². The van der Waals surface area contributed by atoms with E-state index in [1.807, 2.05) is 0 Å². The zero-order valence-electron chi connectivity index (χ0n) is 6.40. The van der Waals surface area contributed by atoms with Gasteiger partial charge in [-0.1, -0.05) is 6.08 Å². The van der Waals surface area contributed by atoms with Gasteiger partial charge in [0, 0.05) is 18.8 Å². The van der Waals surface area contributed by atoms with Crippen LogP contribution in [0.2, 0.25) is 0 Å². The lowest BCUT2D eigenvalue weighted by atomic mass is 10.3. The van der Waals surface area contributed by atoms with Gasteiger partial charge in [-0.25, -0.2) is 14.8 Å². The van der Waals surface area contributed by atoms with Gasteiger partial charge in [0.2, 0.25) is 0 Å². The number of hydrogen-bond acceptors (Lipinski definition) is 3. The SMILES string of the molecule is C=CCc1ncc(C(=O)O)cn1. The number of rotatable bonds is 3. The second-order valence-corrected chi connectivity index (χ2v) is 2.19. The fourth-order valence-corrected chi connectivity index (χ4v) is 0.700. The first-order valence-corrected chi connectivity index (χ1v) is 3.39. The number of carbonyl (C=O) groups is 1. The molecule has 1 aromatic rings. The normalized spacial score (nSPS) is 9.33. The van der Waals surface area contributed by atoms with Crippen molar-refractivity contribution in [2.45, 2.75) is 6.42 Å². The third-order valence-electron chi connectivity index (χ3n) is 1.28. The zero-order valence-corrected chi connectivity index (χ0v) is 6.40. The molecule has 0 aliphatic heterocycles. The van der Waals surface area contributed by atoms with Crippen molar-refractivity contribution < 1.29 is 9.90 Å². The van der Waals surface area contributed by atoms with Crippen LogP contribution in [0, 0.1) is 0 Å². The van der Waals surface area contributed by atoms with Crippen LogP contribution in [0.4, 0.5) is 0 Å². The summed E-state index contributed by atoms with van der Waals surface area (Å²) in [6.45, 7) is 3.52. The molecule has 4 heteroatoms. The molecule has 62 valence electrons. The minimum atomic E-state index is -1.01. The predicted octanol–water partition coefficient (Wildman–Crippen LogP) is 0.903. The summed E-state index contributed by atoms with van der Waals surface area (Å²) in [5.41, 5.74) is 0.0998. The van der Waals surface area contributed by atoms with Crippen molar-refractivity contribution >= 4 is 5.97 Å². The third-order valence-corrected chi connectivity index (χ3v) is 1.28. The number of nitrogens with zero attached hydrogens (tertiary/aromatic N) is 2. The molecule has 4 nitrogen and oxygen atoms in total. The first kappa shape index (κ1) is 8.39. The van der Waals surface area contributed by atoms with Crippen molar-refractivity contribution in [2.24, 2.45) is 0 Å². The van der Waals surface area contributed by atoms with E-state index in [2.05, 4.69) is 16.5 Å². The molecule has 0 fully saturated rings. The van der Waals surface area contributed by atoms with Crippen molar-refractivity contribution in [3.05, 3.63) is 36.4 Å². The van der Waals surface area contributed by atoms with Crippen LogP contribution in [-0.4, -0.2) is 21.0 Å². The fourth-order valence-electron chi connectivity index (χ4n) is 0.700. The maximum absolute atomic E-state index is 10.4. The maximum Gasteiger partial charge on any atom is 0.338 e. The van der Waals surface area contributed by atoms with E-state index in [-0.39, 0.29) is 5.56 Å². The minimum absolute atomic E-state index is 0.0998. The van der Waals surface area contributed by atoms with Crippen molar-refractivity contribution in [1.82, 2.24) is 9.97 Å². The van der Waals surface area contributed by atoms with E-state index >= 15 is 0 Å². The molecule has 1 aromatic heterocycles. The summed E-state index contributed by atoms with van der Waals surface area (Å²) in [4.78, 5) is 18.0. The molecule has 0 aliphatic rings. The van der Waals surface area contributed by atoms with Crippen LogP contribution in [0.5, 0.6) is 0 Å². The van der Waals surface area contributed by atoms with E-state index in [0.29, 0.717) is 12.2 Å². The number of aromatic carboxylic acids is 1. The highest BCUT2D eigenvalue weighted by molar-refractivity contribution is 5.86. The average Bonchev–Trinajstić information content (AvgIpc) is 2.06. The lowest BCUT2D eigenvalue weighted by molar-refractivity contribution is 0.0696. The van der Waals surface area contributed by atoms with Gasteiger partial charge in [0.1, 0.15) is 5.82 Å². The standard InChI is InChI=1S/C8H8N2O2/c1-2-3-7-9-4-6(5-10-7)8(11)12/h2,4-5H,1,3H2,(H,11,12). The molecule has 0 saturated carbocycles. The lowest BCUT2D eigenvalue weighted by Gasteiger charge is -1.94. The van der Waals surface area contributed by atoms with Crippen LogP contribution in [0.15, 0.2) is 25.0 Å². The van der Waals surface area contributed by atoms with Crippen molar-refractivity contribution in [3.63, 3.8) is 0 Å². The van der Waals surface area contributed by atoms with Gasteiger partial charge in [-0.05, 0) is 0 Å². The van der Waals surface area contributed by atoms with Gasteiger partial charge in [-0.2, -0.15) is 0 Å². The van der Waals surface area contributed by atoms with Gasteiger partial charge in [0.25, 0.3) is 0 Å². The Kier molecular flexibility index (Phi) is 2.53. The summed E-state index contributed by atoms with van der Waals surface area (Å²) in [5.74, 6) is -0.435. The lowest BCUT2D eigenvalue weighted by Crippen LogP contribution is -2.00. The van der Waals surface area contributed by atoms with Crippen LogP contribution in [0.1, 0.15) is 16.2 Å². The Morgan fingerprint density at radius 3 is 2.58 bits per heavy atom. The third kappa shape index (κ3) is 1.88. The maximum atomic E-state index is 10.4. The zero-order chi connectivity index (χ0) is 8.97. The molecule has 0 bridgehead atoms. The minimum Gasteiger partial charge on any atom is -0.478 e. The first-order chi connectivity index (χ1) is 5.74. The molecule has 0 atom stereocenters. The monoisotopic (exact) mass is 164 g/mol. The molecular weight excluding hydrogens is 156 g/mol. The van der Waals surface area contributed by atoms with E-state index in [4.69, 9.17) is 5.11 Å². The molecule has 0 amide bonds. The molecule has 1 rings (SSSR count). The molecule has 0 unspecified atom stereocenters. The smallest absolute Gasteiger partial charge is 0.338 e. The van der Waals surface area contributed by atoms with Gasteiger partial charge in [0.05, 0.1) is 5.56 Å². The van der Waals surface area contributed by atoms with Gasteiger partial charge < -0.3 is 5.11 Å². The first-order valence-electron chi connectivity index (χ1n) is 3.39.